The smallest absolute Gasteiger partial charge is 0.407 e. The van der Waals surface area contributed by atoms with Gasteiger partial charge in [-0.05, 0) is 64.2 Å². The first-order valence-corrected chi connectivity index (χ1v) is 12.4. The molecule has 7 nitrogen and oxygen atoms in total. The van der Waals surface area contributed by atoms with Crippen LogP contribution in [0.5, 0.6) is 0 Å². The summed E-state index contributed by atoms with van der Waals surface area (Å²) in [7, 11) is 0. The number of hydrogen-bond donors (Lipinski definition) is 3. The van der Waals surface area contributed by atoms with Gasteiger partial charge in [0.2, 0.25) is 0 Å². The number of ether oxygens (including phenoxy) is 1. The molecule has 3 rings (SSSR count). The van der Waals surface area contributed by atoms with E-state index in [0.29, 0.717) is 25.1 Å². The van der Waals surface area contributed by atoms with Gasteiger partial charge in [-0.1, -0.05) is 19.3 Å². The van der Waals surface area contributed by atoms with Crippen LogP contribution in [0.3, 0.4) is 0 Å². The van der Waals surface area contributed by atoms with E-state index in [9.17, 15) is 4.79 Å². The summed E-state index contributed by atoms with van der Waals surface area (Å²) in [5.74, 6) is 2.33. The van der Waals surface area contributed by atoms with Crippen LogP contribution in [0, 0.1) is 11.8 Å². The van der Waals surface area contributed by atoms with E-state index in [0.717, 1.165) is 31.3 Å². The fourth-order valence-electron chi connectivity index (χ4n) is 4.83. The highest BCUT2D eigenvalue weighted by molar-refractivity contribution is 5.80. The Hall–Kier alpha value is -1.50. The minimum Gasteiger partial charge on any atom is -0.450 e. The second-order valence-electron chi connectivity index (χ2n) is 9.25. The number of carbonyl (C=O) groups is 1. The Labute approximate surface area is 182 Å². The Morgan fingerprint density at radius 1 is 1.07 bits per heavy atom. The van der Waals surface area contributed by atoms with E-state index in [2.05, 4.69) is 27.8 Å². The van der Waals surface area contributed by atoms with Gasteiger partial charge in [-0.15, -0.1) is 0 Å². The molecule has 0 aromatic heterocycles. The summed E-state index contributed by atoms with van der Waals surface area (Å²) in [4.78, 5) is 19.3. The molecular formula is C23H43N5O2. The first kappa shape index (κ1) is 23.2. The van der Waals surface area contributed by atoms with Crippen molar-refractivity contribution in [3.63, 3.8) is 0 Å². The van der Waals surface area contributed by atoms with Crippen molar-refractivity contribution in [2.45, 2.75) is 83.7 Å². The number of hydrogen-bond acceptors (Lipinski definition) is 4. The summed E-state index contributed by atoms with van der Waals surface area (Å²) in [5.41, 5.74) is 0. The predicted octanol–water partition coefficient (Wildman–Crippen LogP) is 3.11. The van der Waals surface area contributed by atoms with Crippen LogP contribution in [0.1, 0.15) is 71.6 Å². The van der Waals surface area contributed by atoms with Crippen molar-refractivity contribution in [1.82, 2.24) is 20.9 Å². The zero-order chi connectivity index (χ0) is 21.2. The Balaban J connectivity index is 1.43. The molecule has 1 unspecified atom stereocenters. The van der Waals surface area contributed by atoms with Crippen LogP contribution in [-0.4, -0.2) is 68.4 Å². The SMILES string of the molecule is CCNC(=NCC(NC(=O)OCC)C1CC1)NC1CCN(CC2CCCCC2)CC1. The third kappa shape index (κ3) is 7.97. The van der Waals surface area contributed by atoms with Crippen molar-refractivity contribution in [2.75, 3.05) is 39.3 Å². The van der Waals surface area contributed by atoms with Crippen molar-refractivity contribution < 1.29 is 9.53 Å². The van der Waals surface area contributed by atoms with Crippen molar-refractivity contribution in [1.29, 1.82) is 0 Å². The van der Waals surface area contributed by atoms with Crippen molar-refractivity contribution in [3.8, 4) is 0 Å². The Kier molecular flexibility index (Phi) is 9.56. The summed E-state index contributed by atoms with van der Waals surface area (Å²) in [5, 5.41) is 10.0. The third-order valence-corrected chi connectivity index (χ3v) is 6.73. The van der Waals surface area contributed by atoms with Crippen LogP contribution in [0.2, 0.25) is 0 Å². The van der Waals surface area contributed by atoms with E-state index in [-0.39, 0.29) is 12.1 Å². The highest BCUT2D eigenvalue weighted by Crippen LogP contribution is 2.32. The lowest BCUT2D eigenvalue weighted by atomic mass is 9.88. The molecule has 3 aliphatic rings. The van der Waals surface area contributed by atoms with Crippen LogP contribution in [0.15, 0.2) is 4.99 Å². The molecule has 0 aromatic rings. The quantitative estimate of drug-likeness (QED) is 0.394. The fourth-order valence-corrected chi connectivity index (χ4v) is 4.83. The van der Waals surface area contributed by atoms with Crippen LogP contribution in [-0.2, 0) is 4.74 Å². The molecule has 1 saturated heterocycles. The number of carbonyl (C=O) groups excluding carboxylic acids is 1. The first-order chi connectivity index (χ1) is 14.7. The number of nitrogens with zero attached hydrogens (tertiary/aromatic N) is 2. The van der Waals surface area contributed by atoms with E-state index in [1.165, 1.54) is 64.6 Å². The minimum atomic E-state index is -0.326. The molecule has 0 bridgehead atoms. The maximum absolute atomic E-state index is 11.8. The molecular weight excluding hydrogens is 378 g/mol. The van der Waals surface area contributed by atoms with Crippen molar-refractivity contribution in [2.24, 2.45) is 16.8 Å². The van der Waals surface area contributed by atoms with Gasteiger partial charge in [0.25, 0.3) is 0 Å². The van der Waals surface area contributed by atoms with Crippen LogP contribution in [0.25, 0.3) is 0 Å². The number of amides is 1. The lowest BCUT2D eigenvalue weighted by molar-refractivity contribution is 0.147. The van der Waals surface area contributed by atoms with Crippen molar-refractivity contribution >= 4 is 12.1 Å². The monoisotopic (exact) mass is 421 g/mol. The largest absolute Gasteiger partial charge is 0.450 e. The molecule has 1 heterocycles. The Bertz CT molecular complexity index is 538. The Morgan fingerprint density at radius 3 is 2.43 bits per heavy atom. The van der Waals surface area contributed by atoms with E-state index in [1.54, 1.807) is 0 Å². The molecule has 7 heteroatoms. The summed E-state index contributed by atoms with van der Waals surface area (Å²) >= 11 is 0. The highest BCUT2D eigenvalue weighted by atomic mass is 16.5. The molecule has 2 aliphatic carbocycles. The first-order valence-electron chi connectivity index (χ1n) is 12.4. The lowest BCUT2D eigenvalue weighted by Gasteiger charge is -2.36. The van der Waals surface area contributed by atoms with Gasteiger partial charge < -0.3 is 25.6 Å². The number of alkyl carbamates (subject to hydrolysis) is 1. The van der Waals surface area contributed by atoms with Gasteiger partial charge >= 0.3 is 6.09 Å². The summed E-state index contributed by atoms with van der Waals surface area (Å²) in [6.45, 7) is 9.42. The van der Waals surface area contributed by atoms with Gasteiger partial charge in [0.05, 0.1) is 19.2 Å². The fraction of sp³-hybridized carbons (Fsp3) is 0.913. The molecule has 3 N–H and O–H groups in total. The molecule has 2 saturated carbocycles. The topological polar surface area (TPSA) is 78.0 Å². The number of guanidine groups is 1. The predicted molar refractivity (Wildman–Crippen MR) is 122 cm³/mol. The standard InChI is InChI=1S/C23H43N5O2/c1-3-24-22(25-16-21(19-10-11-19)27-23(29)30-4-2)26-20-12-14-28(15-13-20)17-18-8-6-5-7-9-18/h18-21H,3-17H2,1-2H3,(H,27,29)(H2,24,25,26). The van der Waals surface area contributed by atoms with E-state index < -0.39 is 0 Å². The zero-order valence-electron chi connectivity index (χ0n) is 19.1. The maximum atomic E-state index is 11.8. The maximum Gasteiger partial charge on any atom is 0.407 e. The van der Waals surface area contributed by atoms with Crippen LogP contribution in [0.4, 0.5) is 4.79 Å². The number of piperidine rings is 1. The number of nitrogens with one attached hydrogen (secondary N) is 3. The van der Waals surface area contributed by atoms with Gasteiger partial charge in [0.1, 0.15) is 0 Å². The summed E-state index contributed by atoms with van der Waals surface area (Å²) in [6.07, 6.45) is 11.5. The molecule has 0 aromatic carbocycles. The van der Waals surface area contributed by atoms with Gasteiger partial charge in [-0.3, -0.25) is 4.99 Å². The Morgan fingerprint density at radius 2 is 1.80 bits per heavy atom. The summed E-state index contributed by atoms with van der Waals surface area (Å²) in [6, 6.07) is 0.541. The molecule has 30 heavy (non-hydrogen) atoms. The average Bonchev–Trinajstić information content (AvgIpc) is 3.59. The molecule has 1 atom stereocenters. The van der Waals surface area contributed by atoms with Crippen molar-refractivity contribution in [3.05, 3.63) is 0 Å². The second kappa shape index (κ2) is 12.4. The average molecular weight is 422 g/mol. The number of likely N-dealkylation sites (tertiary alicyclic amines) is 1. The number of aliphatic imine (C=N–C) groups is 1. The van der Waals surface area contributed by atoms with Crippen LogP contribution >= 0.6 is 0 Å². The molecule has 0 spiro atoms. The molecule has 0 radical (unpaired) electrons. The van der Waals surface area contributed by atoms with Gasteiger partial charge in [0.15, 0.2) is 5.96 Å². The third-order valence-electron chi connectivity index (χ3n) is 6.73. The zero-order valence-corrected chi connectivity index (χ0v) is 19.1. The van der Waals surface area contributed by atoms with E-state index >= 15 is 0 Å². The van der Waals surface area contributed by atoms with Gasteiger partial charge in [-0.25, -0.2) is 4.79 Å². The number of rotatable bonds is 9. The van der Waals surface area contributed by atoms with Gasteiger partial charge in [-0.2, -0.15) is 0 Å². The molecule has 1 aliphatic heterocycles. The normalized spacial score (nSPS) is 23.1. The lowest BCUT2D eigenvalue weighted by Crippen LogP contribution is -2.50. The van der Waals surface area contributed by atoms with Crippen LogP contribution < -0.4 is 16.0 Å². The molecule has 1 amide bonds. The second-order valence-corrected chi connectivity index (χ2v) is 9.25. The summed E-state index contributed by atoms with van der Waals surface area (Å²) < 4.78 is 5.06. The minimum absolute atomic E-state index is 0.0665. The highest BCUT2D eigenvalue weighted by Gasteiger charge is 2.32. The molecule has 3 fully saturated rings. The van der Waals surface area contributed by atoms with E-state index in [4.69, 9.17) is 9.73 Å². The van der Waals surface area contributed by atoms with E-state index in [1.807, 2.05) is 6.92 Å². The molecule has 172 valence electrons. The van der Waals surface area contributed by atoms with Gasteiger partial charge in [0, 0.05) is 32.2 Å².